The number of carbonyl (C=O) groups is 2. The monoisotopic (exact) mass is 637 g/mol. The zero-order valence-electron chi connectivity index (χ0n) is 25.4. The minimum absolute atomic E-state index is 0.00949. The van der Waals surface area contributed by atoms with Crippen LogP contribution in [0.25, 0.3) is 0 Å². The Morgan fingerprint density at radius 2 is 1.71 bits per heavy atom. The molecule has 45 heavy (non-hydrogen) atoms. The van der Waals surface area contributed by atoms with E-state index in [0.717, 1.165) is 23.4 Å². The fourth-order valence-electron chi connectivity index (χ4n) is 6.18. The van der Waals surface area contributed by atoms with Crippen LogP contribution >= 0.6 is 0 Å². The average Bonchev–Trinajstić information content (AvgIpc) is 2.97. The summed E-state index contributed by atoms with van der Waals surface area (Å²) in [6, 6.07) is 9.38. The van der Waals surface area contributed by atoms with Crippen LogP contribution in [0.4, 0.5) is 28.0 Å². The number of ether oxygens (including phenoxy) is 3. The number of rotatable bonds is 9. The summed E-state index contributed by atoms with van der Waals surface area (Å²) < 4.78 is 70.7. The van der Waals surface area contributed by atoms with Crippen molar-refractivity contribution >= 4 is 17.7 Å². The van der Waals surface area contributed by atoms with Crippen LogP contribution in [0.5, 0.6) is 11.5 Å². The number of anilines is 1. The molecule has 2 aromatic carbocycles. The summed E-state index contributed by atoms with van der Waals surface area (Å²) in [5.41, 5.74) is 0.807. The number of cyclic esters (lactones) is 1. The van der Waals surface area contributed by atoms with Crippen molar-refractivity contribution in [2.45, 2.75) is 76.5 Å². The van der Waals surface area contributed by atoms with E-state index in [2.05, 4.69) is 4.90 Å². The van der Waals surface area contributed by atoms with Gasteiger partial charge in [0.25, 0.3) is 0 Å². The fraction of sp³-hybridized carbons (Fsp3) is 0.562. The molecule has 2 amide bonds. The first kappa shape index (κ1) is 32.8. The minimum atomic E-state index is -4.64. The molecule has 0 spiro atoms. The molecule has 0 atom stereocenters. The van der Waals surface area contributed by atoms with E-state index in [-0.39, 0.29) is 48.1 Å². The molecule has 0 aliphatic carbocycles. The standard InChI is InChI=1S/C32H39F4N3O6/c1-31(2,42)19-37-11-9-24(10-12-37)45-28-17-27(44-20-32(34,35)36)22(15-25(28)33)16-29(40)38-13-7-23(8-14-38)39-26-6-4-3-5-21(26)18-43-30(39)41/h3-6,15,17,23-24,42H,7-14,16,18-20H2,1-2H3. The zero-order chi connectivity index (χ0) is 32.4. The van der Waals surface area contributed by atoms with E-state index in [1.165, 1.54) is 0 Å². The molecule has 3 aliphatic heterocycles. The second kappa shape index (κ2) is 13.4. The molecular formula is C32H39F4N3O6. The normalized spacial score (nSPS) is 18.9. The Morgan fingerprint density at radius 1 is 1.02 bits per heavy atom. The van der Waals surface area contributed by atoms with Gasteiger partial charge in [-0.3, -0.25) is 9.69 Å². The van der Waals surface area contributed by atoms with Gasteiger partial charge in [0.15, 0.2) is 18.2 Å². The van der Waals surface area contributed by atoms with Crippen molar-refractivity contribution in [3.8, 4) is 11.5 Å². The lowest BCUT2D eigenvalue weighted by atomic mass is 10.00. The van der Waals surface area contributed by atoms with Gasteiger partial charge in [0, 0.05) is 56.0 Å². The van der Waals surface area contributed by atoms with Crippen LogP contribution in [0.3, 0.4) is 0 Å². The highest BCUT2D eigenvalue weighted by atomic mass is 19.4. The number of para-hydroxylation sites is 1. The SMILES string of the molecule is CC(C)(O)CN1CCC(Oc2cc(OCC(F)(F)F)c(CC(=O)N3CCC(N4C(=O)OCc5ccccc54)CC3)cc2F)CC1. The molecule has 2 saturated heterocycles. The molecule has 0 saturated carbocycles. The maximum atomic E-state index is 15.2. The molecule has 0 bridgehead atoms. The lowest BCUT2D eigenvalue weighted by Gasteiger charge is -2.40. The lowest BCUT2D eigenvalue weighted by Crippen LogP contribution is -2.50. The Bertz CT molecular complexity index is 1370. The number of likely N-dealkylation sites (tertiary alicyclic amines) is 2. The molecular weight excluding hydrogens is 598 g/mol. The molecule has 2 aromatic rings. The van der Waals surface area contributed by atoms with Crippen molar-refractivity contribution in [3.63, 3.8) is 0 Å². The van der Waals surface area contributed by atoms with E-state index in [0.29, 0.717) is 58.4 Å². The van der Waals surface area contributed by atoms with E-state index >= 15 is 4.39 Å². The van der Waals surface area contributed by atoms with E-state index in [9.17, 15) is 27.9 Å². The number of carbonyl (C=O) groups excluding carboxylic acids is 2. The minimum Gasteiger partial charge on any atom is -0.487 e. The second-order valence-electron chi connectivity index (χ2n) is 12.5. The Balaban J connectivity index is 1.23. The molecule has 9 nitrogen and oxygen atoms in total. The topological polar surface area (TPSA) is 91.8 Å². The van der Waals surface area contributed by atoms with Gasteiger partial charge in [0.05, 0.1) is 17.7 Å². The number of β-amino-alcohol motifs (C(OH)–C–C–N with tert-alkyl or cyclic N) is 1. The predicted molar refractivity (Wildman–Crippen MR) is 157 cm³/mol. The van der Waals surface area contributed by atoms with Gasteiger partial charge in [0.2, 0.25) is 5.91 Å². The lowest BCUT2D eigenvalue weighted by molar-refractivity contribution is -0.153. The highest BCUT2D eigenvalue weighted by Crippen LogP contribution is 2.34. The first-order valence-electron chi connectivity index (χ1n) is 15.2. The number of hydrogen-bond donors (Lipinski definition) is 1. The summed E-state index contributed by atoms with van der Waals surface area (Å²) >= 11 is 0. The highest BCUT2D eigenvalue weighted by molar-refractivity contribution is 5.91. The van der Waals surface area contributed by atoms with Crippen LogP contribution in [-0.2, 0) is 22.6 Å². The predicted octanol–water partition coefficient (Wildman–Crippen LogP) is 5.07. The molecule has 3 heterocycles. The van der Waals surface area contributed by atoms with Crippen LogP contribution in [0.2, 0.25) is 0 Å². The Labute approximate surface area is 259 Å². The number of hydrogen-bond acceptors (Lipinski definition) is 7. The molecule has 3 aliphatic rings. The van der Waals surface area contributed by atoms with Crippen LogP contribution in [0, 0.1) is 5.82 Å². The van der Waals surface area contributed by atoms with Crippen LogP contribution in [0.1, 0.15) is 50.7 Å². The molecule has 5 rings (SSSR count). The molecule has 0 aromatic heterocycles. The van der Waals surface area contributed by atoms with Gasteiger partial charge in [-0.15, -0.1) is 0 Å². The van der Waals surface area contributed by atoms with Gasteiger partial charge in [0.1, 0.15) is 18.5 Å². The van der Waals surface area contributed by atoms with E-state index < -0.39 is 30.3 Å². The summed E-state index contributed by atoms with van der Waals surface area (Å²) in [5.74, 6) is -1.69. The molecule has 246 valence electrons. The van der Waals surface area contributed by atoms with Crippen LogP contribution in [0.15, 0.2) is 36.4 Å². The van der Waals surface area contributed by atoms with Gasteiger partial charge in [-0.2, -0.15) is 13.2 Å². The fourth-order valence-corrected chi connectivity index (χ4v) is 6.18. The van der Waals surface area contributed by atoms with Crippen molar-refractivity contribution in [1.29, 1.82) is 0 Å². The van der Waals surface area contributed by atoms with E-state index in [1.54, 1.807) is 23.6 Å². The number of amides is 2. The molecule has 0 unspecified atom stereocenters. The van der Waals surface area contributed by atoms with Crippen molar-refractivity contribution < 1.29 is 46.5 Å². The number of nitrogens with zero attached hydrogens (tertiary/aromatic N) is 3. The van der Waals surface area contributed by atoms with Gasteiger partial charge >= 0.3 is 12.3 Å². The number of benzene rings is 2. The summed E-state index contributed by atoms with van der Waals surface area (Å²) in [6.45, 7) is 4.35. The maximum Gasteiger partial charge on any atom is 0.422 e. The van der Waals surface area contributed by atoms with Crippen molar-refractivity contribution in [3.05, 3.63) is 53.3 Å². The number of halogens is 4. The van der Waals surface area contributed by atoms with Crippen LogP contribution < -0.4 is 14.4 Å². The van der Waals surface area contributed by atoms with Crippen molar-refractivity contribution in [2.75, 3.05) is 44.2 Å². The van der Waals surface area contributed by atoms with Gasteiger partial charge in [-0.1, -0.05) is 18.2 Å². The van der Waals surface area contributed by atoms with Gasteiger partial charge in [-0.25, -0.2) is 9.18 Å². The second-order valence-corrected chi connectivity index (χ2v) is 12.5. The third-order valence-corrected chi connectivity index (χ3v) is 8.27. The summed E-state index contributed by atoms with van der Waals surface area (Å²) in [6.07, 6.45) is -3.77. The van der Waals surface area contributed by atoms with Gasteiger partial charge in [-0.05, 0) is 51.7 Å². The zero-order valence-corrected chi connectivity index (χ0v) is 25.4. The summed E-state index contributed by atoms with van der Waals surface area (Å²) in [5, 5.41) is 10.1. The first-order valence-corrected chi connectivity index (χ1v) is 15.2. The van der Waals surface area contributed by atoms with Crippen LogP contribution in [-0.4, -0.2) is 90.2 Å². The van der Waals surface area contributed by atoms with Gasteiger partial charge < -0.3 is 29.1 Å². The Hall–Kier alpha value is -3.58. The Kier molecular flexibility index (Phi) is 9.78. The third-order valence-electron chi connectivity index (χ3n) is 8.27. The molecule has 2 fully saturated rings. The number of fused-ring (bicyclic) bond motifs is 1. The summed E-state index contributed by atoms with van der Waals surface area (Å²) in [4.78, 5) is 31.1. The Morgan fingerprint density at radius 3 is 2.38 bits per heavy atom. The maximum absolute atomic E-state index is 15.2. The molecule has 1 N–H and O–H groups in total. The quantitative estimate of drug-likeness (QED) is 0.384. The van der Waals surface area contributed by atoms with E-state index in [4.69, 9.17) is 14.2 Å². The summed E-state index contributed by atoms with van der Waals surface area (Å²) in [7, 11) is 0. The molecule has 13 heteroatoms. The van der Waals surface area contributed by atoms with Crippen molar-refractivity contribution in [2.24, 2.45) is 0 Å². The highest BCUT2D eigenvalue weighted by Gasteiger charge is 2.36. The van der Waals surface area contributed by atoms with E-state index in [1.807, 2.05) is 24.3 Å². The number of piperidine rings is 2. The first-order chi connectivity index (χ1) is 21.3. The smallest absolute Gasteiger partial charge is 0.422 e. The average molecular weight is 638 g/mol. The number of aliphatic hydroxyl groups is 1. The largest absolute Gasteiger partial charge is 0.487 e. The molecule has 0 radical (unpaired) electrons. The van der Waals surface area contributed by atoms with Crippen molar-refractivity contribution in [1.82, 2.24) is 9.80 Å². The third kappa shape index (κ3) is 8.57. The number of alkyl halides is 3.